The molecule has 0 aliphatic carbocycles. The van der Waals surface area contributed by atoms with Gasteiger partial charge >= 0.3 is 0 Å². The first-order valence-corrected chi connectivity index (χ1v) is 9.16. The maximum atomic E-state index is 12.7. The monoisotopic (exact) mass is 362 g/mol. The van der Waals surface area contributed by atoms with Gasteiger partial charge in [-0.3, -0.25) is 9.69 Å². The number of furan rings is 1. The third-order valence-electron chi connectivity index (χ3n) is 4.96. The van der Waals surface area contributed by atoms with Crippen molar-refractivity contribution in [2.75, 3.05) is 12.4 Å². The second kappa shape index (κ2) is 8.23. The Morgan fingerprint density at radius 1 is 1.07 bits per heavy atom. The topological polar surface area (TPSA) is 45.5 Å². The molecule has 2 aromatic carbocycles. The molecule has 0 fully saturated rings. The Balaban J connectivity index is 1.72. The SMILES string of the molecule is Cc1cccc(C)c1NC(=O)c1cccc(CN(C)C(C)c2ccco2)c1. The summed E-state index contributed by atoms with van der Waals surface area (Å²) in [4.78, 5) is 14.9. The van der Waals surface area contributed by atoms with Gasteiger partial charge in [0.2, 0.25) is 0 Å². The number of carbonyl (C=O) groups is 1. The molecule has 0 saturated carbocycles. The number of nitrogens with zero attached hydrogens (tertiary/aromatic N) is 1. The number of anilines is 1. The Bertz CT molecular complexity index is 896. The molecule has 1 heterocycles. The quantitative estimate of drug-likeness (QED) is 0.643. The number of hydrogen-bond donors (Lipinski definition) is 1. The van der Waals surface area contributed by atoms with Crippen LogP contribution in [0.4, 0.5) is 5.69 Å². The van der Waals surface area contributed by atoms with E-state index in [0.29, 0.717) is 5.56 Å². The van der Waals surface area contributed by atoms with Gasteiger partial charge in [0, 0.05) is 17.8 Å². The minimum absolute atomic E-state index is 0.0870. The Morgan fingerprint density at radius 2 is 1.78 bits per heavy atom. The van der Waals surface area contributed by atoms with Crippen molar-refractivity contribution in [3.63, 3.8) is 0 Å². The van der Waals surface area contributed by atoms with E-state index in [1.807, 2.05) is 68.4 Å². The predicted octanol–water partition coefficient (Wildman–Crippen LogP) is 5.34. The predicted molar refractivity (Wildman–Crippen MR) is 109 cm³/mol. The maximum Gasteiger partial charge on any atom is 0.255 e. The first kappa shape index (κ1) is 18.9. The van der Waals surface area contributed by atoms with Crippen LogP contribution in [0.2, 0.25) is 0 Å². The molecule has 1 aromatic heterocycles. The highest BCUT2D eigenvalue weighted by Gasteiger charge is 2.15. The number of benzene rings is 2. The molecule has 1 atom stereocenters. The van der Waals surface area contributed by atoms with E-state index in [1.165, 1.54) is 0 Å². The molecule has 0 saturated heterocycles. The lowest BCUT2D eigenvalue weighted by atomic mass is 10.1. The summed E-state index contributed by atoms with van der Waals surface area (Å²) in [5.41, 5.74) is 4.76. The second-order valence-corrected chi connectivity index (χ2v) is 7.03. The van der Waals surface area contributed by atoms with Crippen LogP contribution in [0.1, 0.15) is 45.8 Å². The molecule has 0 radical (unpaired) electrons. The number of amides is 1. The Kier molecular flexibility index (Phi) is 5.77. The zero-order valence-electron chi connectivity index (χ0n) is 16.3. The van der Waals surface area contributed by atoms with Gasteiger partial charge in [-0.2, -0.15) is 0 Å². The van der Waals surface area contributed by atoms with Crippen LogP contribution in [-0.2, 0) is 6.54 Å². The lowest BCUT2D eigenvalue weighted by molar-refractivity contribution is 0.102. The largest absolute Gasteiger partial charge is 0.468 e. The first-order valence-electron chi connectivity index (χ1n) is 9.16. The highest BCUT2D eigenvalue weighted by molar-refractivity contribution is 6.05. The van der Waals surface area contributed by atoms with Crippen LogP contribution in [0, 0.1) is 13.8 Å². The summed E-state index contributed by atoms with van der Waals surface area (Å²) in [5, 5.41) is 3.05. The first-order chi connectivity index (χ1) is 13.0. The molecule has 0 aliphatic rings. The fourth-order valence-electron chi connectivity index (χ4n) is 3.18. The third-order valence-corrected chi connectivity index (χ3v) is 4.96. The Labute approximate surface area is 160 Å². The van der Waals surface area contributed by atoms with Crippen molar-refractivity contribution in [3.05, 3.63) is 88.9 Å². The van der Waals surface area contributed by atoms with E-state index >= 15 is 0 Å². The van der Waals surface area contributed by atoms with Gasteiger partial charge in [-0.1, -0.05) is 30.3 Å². The molecule has 140 valence electrons. The molecule has 0 spiro atoms. The highest BCUT2D eigenvalue weighted by Crippen LogP contribution is 2.23. The number of para-hydroxylation sites is 1. The van der Waals surface area contributed by atoms with Crippen LogP contribution >= 0.6 is 0 Å². The Hall–Kier alpha value is -2.85. The number of aryl methyl sites for hydroxylation is 2. The molecular formula is C23H26N2O2. The zero-order valence-corrected chi connectivity index (χ0v) is 16.3. The number of rotatable bonds is 6. The van der Waals surface area contributed by atoms with Gasteiger partial charge < -0.3 is 9.73 Å². The van der Waals surface area contributed by atoms with Crippen LogP contribution in [0.25, 0.3) is 0 Å². The molecule has 4 nitrogen and oxygen atoms in total. The fraction of sp³-hybridized carbons (Fsp3) is 0.261. The van der Waals surface area contributed by atoms with Crippen molar-refractivity contribution >= 4 is 11.6 Å². The van der Waals surface area contributed by atoms with Crippen molar-refractivity contribution in [1.82, 2.24) is 4.90 Å². The molecule has 1 N–H and O–H groups in total. The lowest BCUT2D eigenvalue weighted by Gasteiger charge is -2.23. The van der Waals surface area contributed by atoms with Crippen molar-refractivity contribution in [2.24, 2.45) is 0 Å². The number of nitrogens with one attached hydrogen (secondary N) is 1. The van der Waals surface area contributed by atoms with Gasteiger partial charge in [-0.25, -0.2) is 0 Å². The van der Waals surface area contributed by atoms with E-state index in [0.717, 1.165) is 34.7 Å². The molecule has 3 aromatic rings. The summed E-state index contributed by atoms with van der Waals surface area (Å²) in [5.74, 6) is 0.845. The van der Waals surface area contributed by atoms with E-state index in [2.05, 4.69) is 24.2 Å². The minimum Gasteiger partial charge on any atom is -0.468 e. The normalized spacial score (nSPS) is 12.2. The van der Waals surface area contributed by atoms with Crippen LogP contribution in [0.3, 0.4) is 0 Å². The molecule has 4 heteroatoms. The highest BCUT2D eigenvalue weighted by atomic mass is 16.3. The number of carbonyl (C=O) groups excluding carboxylic acids is 1. The average Bonchev–Trinajstić information content (AvgIpc) is 3.19. The van der Waals surface area contributed by atoms with Crippen LogP contribution in [-0.4, -0.2) is 17.9 Å². The van der Waals surface area contributed by atoms with Gasteiger partial charge in [0.05, 0.1) is 12.3 Å². The lowest BCUT2D eigenvalue weighted by Crippen LogP contribution is -2.22. The molecule has 0 aliphatic heterocycles. The summed E-state index contributed by atoms with van der Waals surface area (Å²) in [6.45, 7) is 6.84. The van der Waals surface area contributed by atoms with Crippen LogP contribution < -0.4 is 5.32 Å². The van der Waals surface area contributed by atoms with Crippen LogP contribution in [0.5, 0.6) is 0 Å². The van der Waals surface area contributed by atoms with E-state index in [1.54, 1.807) is 6.26 Å². The van der Waals surface area contributed by atoms with E-state index < -0.39 is 0 Å². The van der Waals surface area contributed by atoms with Gasteiger partial charge in [-0.15, -0.1) is 0 Å². The smallest absolute Gasteiger partial charge is 0.255 e. The number of hydrogen-bond acceptors (Lipinski definition) is 3. The average molecular weight is 362 g/mol. The van der Waals surface area contributed by atoms with Gasteiger partial charge in [-0.05, 0) is 68.8 Å². The molecule has 0 bridgehead atoms. The van der Waals surface area contributed by atoms with Crippen molar-refractivity contribution < 1.29 is 9.21 Å². The fourth-order valence-corrected chi connectivity index (χ4v) is 3.18. The summed E-state index contributed by atoms with van der Waals surface area (Å²) < 4.78 is 5.50. The van der Waals surface area contributed by atoms with E-state index in [4.69, 9.17) is 4.42 Å². The Morgan fingerprint density at radius 3 is 2.44 bits per heavy atom. The molecule has 27 heavy (non-hydrogen) atoms. The van der Waals surface area contributed by atoms with Gasteiger partial charge in [0.1, 0.15) is 5.76 Å². The molecule has 1 amide bonds. The third kappa shape index (κ3) is 4.47. The van der Waals surface area contributed by atoms with E-state index in [9.17, 15) is 4.79 Å². The van der Waals surface area contributed by atoms with Crippen LogP contribution in [0.15, 0.2) is 65.3 Å². The minimum atomic E-state index is -0.0870. The maximum absolute atomic E-state index is 12.7. The standard InChI is InChI=1S/C23H26N2O2/c1-16-8-5-9-17(2)22(16)24-23(26)20-11-6-10-19(14-20)15-25(4)18(3)21-12-7-13-27-21/h5-14,18H,15H2,1-4H3,(H,24,26). The summed E-state index contributed by atoms with van der Waals surface area (Å²) in [7, 11) is 2.05. The summed E-state index contributed by atoms with van der Waals surface area (Å²) in [6, 6.07) is 17.8. The zero-order chi connectivity index (χ0) is 19.4. The molecular weight excluding hydrogens is 336 g/mol. The molecule has 3 rings (SSSR count). The summed E-state index contributed by atoms with van der Waals surface area (Å²) >= 11 is 0. The summed E-state index contributed by atoms with van der Waals surface area (Å²) in [6.07, 6.45) is 1.69. The second-order valence-electron chi connectivity index (χ2n) is 7.03. The van der Waals surface area contributed by atoms with Crippen molar-refractivity contribution in [1.29, 1.82) is 0 Å². The molecule has 1 unspecified atom stereocenters. The van der Waals surface area contributed by atoms with Crippen molar-refractivity contribution in [2.45, 2.75) is 33.4 Å². The van der Waals surface area contributed by atoms with Crippen molar-refractivity contribution in [3.8, 4) is 0 Å². The van der Waals surface area contributed by atoms with Gasteiger partial charge in [0.25, 0.3) is 5.91 Å². The van der Waals surface area contributed by atoms with Gasteiger partial charge in [0.15, 0.2) is 0 Å². The van der Waals surface area contributed by atoms with E-state index in [-0.39, 0.29) is 11.9 Å².